The van der Waals surface area contributed by atoms with Crippen molar-refractivity contribution in [2.45, 2.75) is 63.6 Å². The molecule has 3 unspecified atom stereocenters. The number of piperidine rings is 4. The van der Waals surface area contributed by atoms with Gasteiger partial charge in [-0.15, -0.1) is 0 Å². The zero-order valence-electron chi connectivity index (χ0n) is 27.9. The molecule has 10 rings (SSSR count). The predicted molar refractivity (Wildman–Crippen MR) is 185 cm³/mol. The number of hydrogen-bond donors (Lipinski definition) is 3. The number of carbonyl (C=O) groups excluding carboxylic acids is 1. The molecular weight excluding hydrogens is 584 g/mol. The Bertz CT molecular complexity index is 1980. The average molecular weight is 631 g/mol. The van der Waals surface area contributed by atoms with Crippen LogP contribution in [0.15, 0.2) is 65.8 Å². The quantitative estimate of drug-likeness (QED) is 0.194. The molecule has 244 valence electrons. The summed E-state index contributed by atoms with van der Waals surface area (Å²) < 4.78 is 7.95. The van der Waals surface area contributed by atoms with Crippen LogP contribution in [0, 0.1) is 23.7 Å². The Balaban J connectivity index is 1.21. The first kappa shape index (κ1) is 29.5. The van der Waals surface area contributed by atoms with Crippen LogP contribution < -0.4 is 5.32 Å². The van der Waals surface area contributed by atoms with Crippen molar-refractivity contribution in [2.75, 3.05) is 26.8 Å². The summed E-state index contributed by atoms with van der Waals surface area (Å²) in [6.07, 6.45) is 8.20. The average Bonchev–Trinajstić information content (AvgIpc) is 3.59. The molecule has 1 aliphatic carbocycles. The van der Waals surface area contributed by atoms with Crippen LogP contribution in [0.2, 0.25) is 0 Å². The maximum Gasteiger partial charge on any atom is 0.310 e. The summed E-state index contributed by atoms with van der Waals surface area (Å²) in [6.45, 7) is 6.34. The molecule has 0 spiro atoms. The van der Waals surface area contributed by atoms with Gasteiger partial charge in [-0.05, 0) is 86.3 Å². The first-order valence-electron chi connectivity index (χ1n) is 17.6. The molecule has 2 aromatic carbocycles. The van der Waals surface area contributed by atoms with Crippen LogP contribution in [0.4, 0.5) is 0 Å². The fourth-order valence-electron chi connectivity index (χ4n) is 10.9. The molecule has 7 heteroatoms. The number of carbonyl (C=O) groups is 1. The van der Waals surface area contributed by atoms with Gasteiger partial charge in [-0.2, -0.15) is 0 Å². The molecule has 7 nitrogen and oxygen atoms in total. The van der Waals surface area contributed by atoms with E-state index in [1.165, 1.54) is 62.6 Å². The molecule has 6 aliphatic rings. The number of aliphatic hydroxyl groups excluding tert-OH is 1. The second-order valence-corrected chi connectivity index (χ2v) is 14.8. The van der Waals surface area contributed by atoms with E-state index in [9.17, 15) is 9.90 Å². The van der Waals surface area contributed by atoms with Crippen LogP contribution in [0.1, 0.15) is 66.7 Å². The highest BCUT2D eigenvalue weighted by Crippen LogP contribution is 2.55. The highest BCUT2D eigenvalue weighted by molar-refractivity contribution is 5.88. The lowest BCUT2D eigenvalue weighted by Gasteiger charge is -2.58. The number of benzene rings is 2. The molecule has 9 atom stereocenters. The minimum absolute atomic E-state index is 0.0194. The van der Waals surface area contributed by atoms with Crippen LogP contribution >= 0.6 is 0 Å². The van der Waals surface area contributed by atoms with Crippen LogP contribution in [0.3, 0.4) is 0 Å². The summed E-state index contributed by atoms with van der Waals surface area (Å²) in [6, 6.07) is 16.6. The van der Waals surface area contributed by atoms with E-state index >= 15 is 0 Å². The Morgan fingerprint density at radius 3 is 2.64 bits per heavy atom. The van der Waals surface area contributed by atoms with Gasteiger partial charge in [0.15, 0.2) is 0 Å². The normalized spacial score (nSPS) is 34.4. The zero-order valence-corrected chi connectivity index (χ0v) is 27.9. The summed E-state index contributed by atoms with van der Waals surface area (Å²) in [4.78, 5) is 20.1. The molecule has 0 radical (unpaired) electrons. The minimum Gasteiger partial charge on any atom is -0.469 e. The molecule has 4 saturated heterocycles. The summed E-state index contributed by atoms with van der Waals surface area (Å²) in [5, 5.41) is 16.9. The summed E-state index contributed by atoms with van der Waals surface area (Å²) in [5.41, 5.74) is 12.1. The van der Waals surface area contributed by atoms with Gasteiger partial charge in [0.1, 0.15) is 0 Å². The second kappa shape index (κ2) is 10.9. The Labute approximate surface area is 276 Å². The summed E-state index contributed by atoms with van der Waals surface area (Å²) >= 11 is 0. The van der Waals surface area contributed by atoms with E-state index in [0.29, 0.717) is 23.9 Å². The predicted octanol–water partition coefficient (Wildman–Crippen LogP) is 5.92. The third-order valence-corrected chi connectivity index (χ3v) is 13.1. The Kier molecular flexibility index (Phi) is 6.86. The number of fused-ring (bicyclic) bond motifs is 9. The maximum absolute atomic E-state index is 13.5. The molecule has 2 aromatic heterocycles. The Hall–Kier alpha value is -3.65. The lowest BCUT2D eigenvalue weighted by Crippen LogP contribution is -2.61. The fraction of sp³-hybridized carbons (Fsp3) is 0.475. The van der Waals surface area contributed by atoms with Gasteiger partial charge in [-0.3, -0.25) is 9.69 Å². The number of aromatic nitrogens is 2. The smallest absolute Gasteiger partial charge is 0.310 e. The van der Waals surface area contributed by atoms with Crippen molar-refractivity contribution in [3.05, 3.63) is 93.8 Å². The third kappa shape index (κ3) is 4.12. The van der Waals surface area contributed by atoms with Crippen molar-refractivity contribution in [1.82, 2.24) is 19.8 Å². The van der Waals surface area contributed by atoms with Gasteiger partial charge in [0.25, 0.3) is 0 Å². The number of hydrogen-bond acceptors (Lipinski definition) is 5. The van der Waals surface area contributed by atoms with Crippen molar-refractivity contribution in [2.24, 2.45) is 30.7 Å². The molecule has 3 N–H and O–H groups in total. The van der Waals surface area contributed by atoms with Gasteiger partial charge in [-0.25, -0.2) is 0 Å². The lowest BCUT2D eigenvalue weighted by atomic mass is 9.64. The SMILES string of the molecule is C/C=C1\CN2C3Cc4c(n(C)c5ccc([C@@H]6C[C@H]7/C(=C/C)CN[C@@H](Cc8c6[nH]c6ccccc86)[C@H]7C(=O)OC)cc45)[C@@H]2C[C@@H]1C3CO. The lowest BCUT2D eigenvalue weighted by molar-refractivity contribution is -0.149. The molecule has 7 heterocycles. The molecule has 4 aromatic rings. The molecular formula is C40H46N4O3. The van der Waals surface area contributed by atoms with Crippen molar-refractivity contribution < 1.29 is 14.6 Å². The number of nitrogens with one attached hydrogen (secondary N) is 2. The van der Waals surface area contributed by atoms with Crippen LogP contribution in [-0.2, 0) is 29.4 Å². The number of methoxy groups -OCH3 is 1. The van der Waals surface area contributed by atoms with Crippen LogP contribution in [-0.4, -0.2) is 64.4 Å². The first-order chi connectivity index (χ1) is 22.9. The number of ether oxygens (including phenoxy) is 1. The number of para-hydroxylation sites is 1. The van der Waals surface area contributed by atoms with E-state index in [0.717, 1.165) is 44.3 Å². The summed E-state index contributed by atoms with van der Waals surface area (Å²) in [7, 11) is 3.79. The Morgan fingerprint density at radius 1 is 1.02 bits per heavy atom. The highest BCUT2D eigenvalue weighted by atomic mass is 16.5. The Morgan fingerprint density at radius 2 is 1.85 bits per heavy atom. The number of H-pyrrole nitrogens is 1. The maximum atomic E-state index is 13.5. The molecule has 0 saturated carbocycles. The standard InChI is InChI=1S/C40H46N4O3/c1-5-21-18-41-33-15-29-24-9-7-8-10-32(24)42-38(29)27(14-26(21)37(33)40(46)47-4)23-11-12-34-28(13-23)30-17-35-31(20-45)25-16-36(39(30)43(34)3)44(35)19-22(25)6-2/h5-13,25-27,31,33,35-37,41-42,45H,14-20H2,1-4H3/b21-5+,22-6+/t25-,26-,27-,31?,33-,35?,36-,37-/m0/s1. The van der Waals surface area contributed by atoms with Crippen LogP contribution in [0.25, 0.3) is 21.8 Å². The molecule has 4 fully saturated rings. The third-order valence-electron chi connectivity index (χ3n) is 13.1. The van der Waals surface area contributed by atoms with Gasteiger partial charge >= 0.3 is 5.97 Å². The largest absolute Gasteiger partial charge is 0.469 e. The molecule has 6 bridgehead atoms. The zero-order chi connectivity index (χ0) is 32.1. The topological polar surface area (TPSA) is 82.5 Å². The van der Waals surface area contributed by atoms with Gasteiger partial charge in [0.05, 0.1) is 19.1 Å². The van der Waals surface area contributed by atoms with Gasteiger partial charge in [-0.1, -0.05) is 47.6 Å². The van der Waals surface area contributed by atoms with Gasteiger partial charge in [0.2, 0.25) is 0 Å². The van der Waals surface area contributed by atoms with E-state index in [1.807, 2.05) is 0 Å². The minimum atomic E-state index is -0.237. The number of rotatable bonds is 3. The van der Waals surface area contributed by atoms with Gasteiger partial charge in [0, 0.05) is 83.9 Å². The highest BCUT2D eigenvalue weighted by Gasteiger charge is 2.53. The van der Waals surface area contributed by atoms with Crippen molar-refractivity contribution in [3.8, 4) is 0 Å². The number of allylic oxidation sites excluding steroid dienone is 2. The molecule has 5 aliphatic heterocycles. The van der Waals surface area contributed by atoms with Crippen molar-refractivity contribution in [1.29, 1.82) is 0 Å². The van der Waals surface area contributed by atoms with Crippen molar-refractivity contribution in [3.63, 3.8) is 0 Å². The van der Waals surface area contributed by atoms with E-state index in [-0.39, 0.29) is 36.4 Å². The van der Waals surface area contributed by atoms with E-state index in [1.54, 1.807) is 0 Å². The van der Waals surface area contributed by atoms with Crippen LogP contribution in [0.5, 0.6) is 0 Å². The number of nitrogens with zero attached hydrogens (tertiary/aromatic N) is 2. The molecule has 0 amide bonds. The second-order valence-electron chi connectivity index (χ2n) is 14.8. The summed E-state index contributed by atoms with van der Waals surface area (Å²) in [5.74, 6) is 0.612. The van der Waals surface area contributed by atoms with Crippen molar-refractivity contribution >= 4 is 27.8 Å². The number of aryl methyl sites for hydroxylation is 1. The number of esters is 1. The number of aliphatic hydroxyl groups is 1. The van der Waals surface area contributed by atoms with E-state index < -0.39 is 0 Å². The fourth-order valence-corrected chi connectivity index (χ4v) is 10.9. The first-order valence-corrected chi connectivity index (χ1v) is 17.6. The molecule has 47 heavy (non-hydrogen) atoms. The number of aromatic amines is 1. The van der Waals surface area contributed by atoms with E-state index in [2.05, 4.69) is 95.3 Å². The van der Waals surface area contributed by atoms with Gasteiger partial charge < -0.3 is 24.7 Å². The van der Waals surface area contributed by atoms with E-state index in [4.69, 9.17) is 4.74 Å². The monoisotopic (exact) mass is 630 g/mol.